The lowest BCUT2D eigenvalue weighted by atomic mass is 9.84. The quantitative estimate of drug-likeness (QED) is 0.268. The van der Waals surface area contributed by atoms with Gasteiger partial charge in [0.05, 0.1) is 90.6 Å². The lowest BCUT2D eigenvalue weighted by Gasteiger charge is -2.20. The SMILES string of the molecule is N#C/C(c1cc(C#N)c(C(F)(F)F)c(C#N)c1C(F)(F)F)=c1/cc(C#N)/c(=C(/C#N)c2cc(C#N)c(C(F)(F)F)c(C#N)c2C(F)(F)F)c(C#N)c1C#N. The van der Waals surface area contributed by atoms with Gasteiger partial charge >= 0.3 is 24.7 Å². The molecule has 0 unspecified atom stereocenters. The maximum absolute atomic E-state index is 14.4. The van der Waals surface area contributed by atoms with E-state index in [0.29, 0.717) is 12.1 Å². The number of rotatable bonds is 2. The summed E-state index contributed by atoms with van der Waals surface area (Å²) in [5, 5.41) is 85.1. The average Bonchev–Trinajstić information content (AvgIpc) is 3.08. The third kappa shape index (κ3) is 6.71. The highest BCUT2D eigenvalue weighted by Gasteiger charge is 2.47. The Hall–Kier alpha value is -8.03. The van der Waals surface area contributed by atoms with Crippen LogP contribution in [0.25, 0.3) is 11.1 Å². The van der Waals surface area contributed by atoms with Crippen LogP contribution in [0.4, 0.5) is 52.7 Å². The van der Waals surface area contributed by atoms with E-state index >= 15 is 0 Å². The first-order valence-electron chi connectivity index (χ1n) is 13.3. The molecule has 0 amide bonds. The van der Waals surface area contributed by atoms with E-state index in [1.54, 1.807) is 0 Å². The molecule has 3 rings (SSSR count). The van der Waals surface area contributed by atoms with Crippen LogP contribution in [0.15, 0.2) is 18.2 Å². The fraction of sp³-hybridized carbons (Fsp3) is 0.121. The average molecular weight is 753 g/mol. The molecule has 3 aromatic rings. The minimum Gasteiger partial charge on any atom is -0.192 e. The summed E-state index contributed by atoms with van der Waals surface area (Å²) in [5.74, 6) is 0. The second-order valence-corrected chi connectivity index (χ2v) is 10.0. The predicted octanol–water partition coefficient (Wildman–Crippen LogP) is 6.31. The number of nitriles is 9. The zero-order valence-electron chi connectivity index (χ0n) is 25.3. The minimum absolute atomic E-state index is 0.143. The van der Waals surface area contributed by atoms with Gasteiger partial charge in [-0.2, -0.15) is 100 Å². The van der Waals surface area contributed by atoms with Gasteiger partial charge in [0.25, 0.3) is 0 Å². The van der Waals surface area contributed by atoms with Gasteiger partial charge in [0.15, 0.2) is 0 Å². The molecule has 0 radical (unpaired) electrons. The van der Waals surface area contributed by atoms with Crippen molar-refractivity contribution in [1.82, 2.24) is 0 Å². The number of alkyl halides is 12. The smallest absolute Gasteiger partial charge is 0.192 e. The molecule has 0 aliphatic heterocycles. The Morgan fingerprint density at radius 1 is 0.370 bits per heavy atom. The van der Waals surface area contributed by atoms with Crippen LogP contribution in [0.1, 0.15) is 72.3 Å². The summed E-state index contributed by atoms with van der Waals surface area (Å²) in [6.45, 7) is 0. The second-order valence-electron chi connectivity index (χ2n) is 10.0. The summed E-state index contributed by atoms with van der Waals surface area (Å²) in [6, 6.07) is 8.87. The van der Waals surface area contributed by atoms with E-state index in [1.165, 1.54) is 18.2 Å². The molecule has 0 heterocycles. The number of benzene rings is 3. The van der Waals surface area contributed by atoms with Gasteiger partial charge in [-0.05, 0) is 18.2 Å². The van der Waals surface area contributed by atoms with Crippen LogP contribution in [-0.4, -0.2) is 0 Å². The molecule has 0 aliphatic rings. The van der Waals surface area contributed by atoms with Crippen LogP contribution in [0.3, 0.4) is 0 Å². The highest BCUT2D eigenvalue weighted by Crippen LogP contribution is 2.46. The van der Waals surface area contributed by atoms with Crippen LogP contribution >= 0.6 is 0 Å². The Bertz CT molecular complexity index is 2710. The first kappa shape index (κ1) is 40.4. The first-order valence-corrected chi connectivity index (χ1v) is 13.3. The highest BCUT2D eigenvalue weighted by molar-refractivity contribution is 5.86. The second kappa shape index (κ2) is 13.9. The van der Waals surface area contributed by atoms with Crippen LogP contribution in [-0.2, 0) is 24.7 Å². The molecule has 0 spiro atoms. The molecule has 21 heteroatoms. The number of halogens is 12. The lowest BCUT2D eigenvalue weighted by Crippen LogP contribution is -2.28. The van der Waals surface area contributed by atoms with E-state index in [0.717, 1.165) is 24.3 Å². The standard InChI is InChI=1S/C33H3F12N9/c34-30(35,36)26-14(5-47)2-17(28(23(26)11-53)32(40,41)42)19(7-49)16-1-13(4-46)25(22(10-52)20(16)8-50)21(9-51)18-3-15(6-48)27(31(37,38)39)24(12-54)29(18)33(43,44)45/h1-3H/b19-16+,25-21+. The van der Waals surface area contributed by atoms with Crippen molar-refractivity contribution in [3.05, 3.63) is 101 Å². The van der Waals surface area contributed by atoms with Gasteiger partial charge in [-0.25, -0.2) is 0 Å². The molecule has 0 aliphatic carbocycles. The van der Waals surface area contributed by atoms with E-state index in [4.69, 9.17) is 0 Å². The van der Waals surface area contributed by atoms with Gasteiger partial charge in [0.2, 0.25) is 0 Å². The van der Waals surface area contributed by atoms with Gasteiger partial charge in [-0.15, -0.1) is 0 Å². The third-order valence-corrected chi connectivity index (χ3v) is 7.21. The van der Waals surface area contributed by atoms with Crippen molar-refractivity contribution in [2.45, 2.75) is 24.7 Å². The third-order valence-electron chi connectivity index (χ3n) is 7.21. The van der Waals surface area contributed by atoms with Gasteiger partial charge in [0.1, 0.15) is 36.4 Å². The molecule has 264 valence electrons. The fourth-order valence-electron chi connectivity index (χ4n) is 5.31. The van der Waals surface area contributed by atoms with E-state index in [9.17, 15) is 100 Å². The van der Waals surface area contributed by atoms with Crippen LogP contribution in [0.2, 0.25) is 0 Å². The highest BCUT2D eigenvalue weighted by atomic mass is 19.4. The van der Waals surface area contributed by atoms with Crippen molar-refractivity contribution in [3.8, 4) is 54.6 Å². The topological polar surface area (TPSA) is 214 Å². The van der Waals surface area contributed by atoms with E-state index in [-0.39, 0.29) is 18.2 Å². The van der Waals surface area contributed by atoms with Crippen LogP contribution in [0.5, 0.6) is 0 Å². The molecular weight excluding hydrogens is 750 g/mol. The molecular formula is C33H3F12N9. The molecule has 0 bridgehead atoms. The molecule has 0 atom stereocenters. The van der Waals surface area contributed by atoms with Gasteiger partial charge in [-0.1, -0.05) is 0 Å². The van der Waals surface area contributed by atoms with Crippen LogP contribution < -0.4 is 10.4 Å². The van der Waals surface area contributed by atoms with Crippen molar-refractivity contribution in [1.29, 1.82) is 47.4 Å². The maximum atomic E-state index is 14.4. The molecule has 0 saturated heterocycles. The Kier molecular flexibility index (Phi) is 10.4. The van der Waals surface area contributed by atoms with Crippen molar-refractivity contribution in [2.24, 2.45) is 0 Å². The number of hydrogen-bond donors (Lipinski definition) is 0. The Morgan fingerprint density at radius 2 is 0.704 bits per heavy atom. The molecule has 3 aromatic carbocycles. The number of hydrogen-bond acceptors (Lipinski definition) is 9. The van der Waals surface area contributed by atoms with Gasteiger partial charge in [0, 0.05) is 21.6 Å². The maximum Gasteiger partial charge on any atom is 0.418 e. The number of nitrogens with zero attached hydrogens (tertiary/aromatic N) is 9. The predicted molar refractivity (Wildman–Crippen MR) is 148 cm³/mol. The van der Waals surface area contributed by atoms with E-state index in [1.807, 2.05) is 0 Å². The zero-order valence-corrected chi connectivity index (χ0v) is 25.3. The van der Waals surface area contributed by atoms with Crippen molar-refractivity contribution >= 4 is 11.1 Å². The molecule has 54 heavy (non-hydrogen) atoms. The van der Waals surface area contributed by atoms with Gasteiger partial charge < -0.3 is 0 Å². The van der Waals surface area contributed by atoms with Crippen molar-refractivity contribution in [3.63, 3.8) is 0 Å². The summed E-state index contributed by atoms with van der Waals surface area (Å²) in [7, 11) is 0. The Morgan fingerprint density at radius 3 is 0.981 bits per heavy atom. The van der Waals surface area contributed by atoms with Crippen molar-refractivity contribution < 1.29 is 52.7 Å². The zero-order chi connectivity index (χ0) is 41.3. The van der Waals surface area contributed by atoms with Gasteiger partial charge in [-0.3, -0.25) is 0 Å². The van der Waals surface area contributed by atoms with E-state index < -0.39 is 119 Å². The fourth-order valence-corrected chi connectivity index (χ4v) is 5.31. The summed E-state index contributed by atoms with van der Waals surface area (Å²) < 4.78 is 170. The summed E-state index contributed by atoms with van der Waals surface area (Å²) in [6.07, 6.45) is -23.5. The first-order chi connectivity index (χ1) is 25.0. The Labute approximate surface area is 291 Å². The molecule has 0 fully saturated rings. The van der Waals surface area contributed by atoms with E-state index in [2.05, 4.69) is 0 Å². The minimum atomic E-state index is -5.97. The Balaban J connectivity index is 2.94. The largest absolute Gasteiger partial charge is 0.418 e. The summed E-state index contributed by atoms with van der Waals surface area (Å²) in [5.41, 5.74) is -28.2. The summed E-state index contributed by atoms with van der Waals surface area (Å²) >= 11 is 0. The normalized spacial score (nSPS) is 12.5. The monoisotopic (exact) mass is 753 g/mol. The summed E-state index contributed by atoms with van der Waals surface area (Å²) in [4.78, 5) is 0. The van der Waals surface area contributed by atoms with Crippen molar-refractivity contribution in [2.75, 3.05) is 0 Å². The molecule has 9 nitrogen and oxygen atoms in total. The molecule has 0 saturated carbocycles. The lowest BCUT2D eigenvalue weighted by molar-refractivity contribution is -0.145. The molecule has 0 N–H and O–H groups in total. The molecule has 0 aromatic heterocycles. The van der Waals surface area contributed by atoms with Crippen LogP contribution in [0, 0.1) is 102 Å².